The predicted octanol–water partition coefficient (Wildman–Crippen LogP) is 4.60. The van der Waals surface area contributed by atoms with Gasteiger partial charge in [0.2, 0.25) is 0 Å². The van der Waals surface area contributed by atoms with Crippen LogP contribution in [0.25, 0.3) is 0 Å². The Bertz CT molecular complexity index is 1110. The summed E-state index contributed by atoms with van der Waals surface area (Å²) in [5.41, 5.74) is 3.41. The summed E-state index contributed by atoms with van der Waals surface area (Å²) in [5.74, 6) is 0.307. The van der Waals surface area contributed by atoms with E-state index >= 15 is 0 Å². The van der Waals surface area contributed by atoms with Crippen molar-refractivity contribution in [2.45, 2.75) is 36.2 Å². The smallest absolute Gasteiger partial charge is 0.0972 e. The van der Waals surface area contributed by atoms with E-state index in [-0.39, 0.29) is 17.8 Å². The van der Waals surface area contributed by atoms with Crippen molar-refractivity contribution in [3.8, 4) is 0 Å². The normalized spacial score (nSPS) is 25.8. The maximum absolute atomic E-state index is 12.3. The SMILES string of the molecule is OC1(c2ccncc2)CC(c2ccncc2)C(c2ccncc2)CC1c1ccncc1. The highest BCUT2D eigenvalue weighted by Gasteiger charge is 2.49. The fourth-order valence-corrected chi connectivity index (χ4v) is 5.14. The molecule has 4 aromatic heterocycles. The molecule has 31 heavy (non-hydrogen) atoms. The highest BCUT2D eigenvalue weighted by Crippen LogP contribution is 2.57. The second kappa shape index (κ2) is 8.36. The molecule has 1 saturated carbocycles. The Labute approximate surface area is 181 Å². The van der Waals surface area contributed by atoms with Gasteiger partial charge < -0.3 is 5.11 Å². The molecule has 4 atom stereocenters. The Kier molecular flexibility index (Phi) is 5.26. The minimum absolute atomic E-state index is 0.0749. The van der Waals surface area contributed by atoms with Crippen molar-refractivity contribution >= 4 is 0 Å². The highest BCUT2D eigenvalue weighted by molar-refractivity contribution is 5.37. The van der Waals surface area contributed by atoms with Crippen molar-refractivity contribution in [3.05, 3.63) is 120 Å². The van der Waals surface area contributed by atoms with Gasteiger partial charge in [-0.3, -0.25) is 19.9 Å². The number of aliphatic hydroxyl groups is 1. The molecular formula is C26H24N4O. The van der Waals surface area contributed by atoms with Crippen LogP contribution in [0.5, 0.6) is 0 Å². The first-order valence-electron chi connectivity index (χ1n) is 10.6. The van der Waals surface area contributed by atoms with Gasteiger partial charge in [0.1, 0.15) is 0 Å². The summed E-state index contributed by atoms with van der Waals surface area (Å²) in [4.78, 5) is 16.8. The molecule has 5 nitrogen and oxygen atoms in total. The van der Waals surface area contributed by atoms with Gasteiger partial charge in [-0.15, -0.1) is 0 Å². The molecule has 154 valence electrons. The molecule has 4 aromatic rings. The van der Waals surface area contributed by atoms with Crippen molar-refractivity contribution in [2.24, 2.45) is 0 Å². The van der Waals surface area contributed by atoms with Crippen molar-refractivity contribution in [2.75, 3.05) is 0 Å². The number of pyridine rings is 4. The fourth-order valence-electron chi connectivity index (χ4n) is 5.14. The van der Waals surface area contributed by atoms with Crippen molar-refractivity contribution in [1.82, 2.24) is 19.9 Å². The van der Waals surface area contributed by atoms with E-state index in [9.17, 15) is 5.11 Å². The standard InChI is InChI=1S/C26H24N4O/c31-26(22-7-15-30-16-8-22)18-24(20-3-11-28-12-4-20)23(19-1-9-27-10-2-19)17-25(26)21-5-13-29-14-6-21/h1-16,23-25,31H,17-18H2. The van der Waals surface area contributed by atoms with Crippen molar-refractivity contribution in [1.29, 1.82) is 0 Å². The van der Waals surface area contributed by atoms with E-state index in [2.05, 4.69) is 44.2 Å². The third-order valence-electron chi connectivity index (χ3n) is 6.64. The van der Waals surface area contributed by atoms with Gasteiger partial charge in [-0.25, -0.2) is 0 Å². The number of nitrogens with zero attached hydrogens (tertiary/aromatic N) is 4. The first kappa shape index (κ1) is 19.5. The number of rotatable bonds is 4. The van der Waals surface area contributed by atoms with E-state index in [4.69, 9.17) is 0 Å². The molecule has 5 heteroatoms. The molecule has 0 amide bonds. The number of hydrogen-bond donors (Lipinski definition) is 1. The summed E-state index contributed by atoms with van der Waals surface area (Å²) < 4.78 is 0. The second-order valence-corrected chi connectivity index (χ2v) is 8.21. The van der Waals surface area contributed by atoms with Gasteiger partial charge in [0.25, 0.3) is 0 Å². The van der Waals surface area contributed by atoms with E-state index in [0.717, 1.165) is 17.5 Å². The molecule has 0 radical (unpaired) electrons. The van der Waals surface area contributed by atoms with Crippen LogP contribution in [-0.4, -0.2) is 25.0 Å². The average Bonchev–Trinajstić information content (AvgIpc) is 2.86. The quantitative estimate of drug-likeness (QED) is 0.534. The molecule has 5 rings (SSSR count). The average molecular weight is 409 g/mol. The highest BCUT2D eigenvalue weighted by atomic mass is 16.3. The first-order valence-corrected chi connectivity index (χ1v) is 10.6. The van der Waals surface area contributed by atoms with Crippen LogP contribution in [0.3, 0.4) is 0 Å². The second-order valence-electron chi connectivity index (χ2n) is 8.21. The zero-order chi connectivity index (χ0) is 21.1. The summed E-state index contributed by atoms with van der Waals surface area (Å²) in [7, 11) is 0. The maximum atomic E-state index is 12.3. The molecule has 0 aromatic carbocycles. The van der Waals surface area contributed by atoms with Gasteiger partial charge in [-0.1, -0.05) is 0 Å². The van der Waals surface area contributed by atoms with Crippen LogP contribution in [0.2, 0.25) is 0 Å². The lowest BCUT2D eigenvalue weighted by Gasteiger charge is -2.48. The number of aromatic nitrogens is 4. The maximum Gasteiger partial charge on any atom is 0.0972 e. The van der Waals surface area contributed by atoms with Gasteiger partial charge in [0, 0.05) is 55.5 Å². The lowest BCUT2D eigenvalue weighted by molar-refractivity contribution is -0.0359. The topological polar surface area (TPSA) is 71.8 Å². The van der Waals surface area contributed by atoms with Crippen LogP contribution >= 0.6 is 0 Å². The van der Waals surface area contributed by atoms with Gasteiger partial charge in [0.05, 0.1) is 5.60 Å². The third kappa shape index (κ3) is 3.73. The molecule has 0 bridgehead atoms. The molecule has 4 heterocycles. The predicted molar refractivity (Wildman–Crippen MR) is 118 cm³/mol. The molecule has 1 N–H and O–H groups in total. The van der Waals surface area contributed by atoms with Crippen LogP contribution < -0.4 is 0 Å². The fraction of sp³-hybridized carbons (Fsp3) is 0.231. The molecule has 1 aliphatic carbocycles. The molecule has 1 fully saturated rings. The van der Waals surface area contributed by atoms with Crippen molar-refractivity contribution in [3.63, 3.8) is 0 Å². The minimum Gasteiger partial charge on any atom is -0.385 e. The van der Waals surface area contributed by atoms with E-state index in [1.807, 2.05) is 49.1 Å². The van der Waals surface area contributed by atoms with Crippen LogP contribution in [0.4, 0.5) is 0 Å². The first-order chi connectivity index (χ1) is 15.3. The Morgan fingerprint density at radius 3 is 1.52 bits per heavy atom. The van der Waals surface area contributed by atoms with E-state index in [0.29, 0.717) is 6.42 Å². The van der Waals surface area contributed by atoms with E-state index in [1.165, 1.54) is 11.1 Å². The Balaban J connectivity index is 1.66. The summed E-state index contributed by atoms with van der Waals surface area (Å²) >= 11 is 0. The minimum atomic E-state index is -1.03. The van der Waals surface area contributed by atoms with Crippen LogP contribution in [0.1, 0.15) is 52.8 Å². The molecule has 1 aliphatic rings. The van der Waals surface area contributed by atoms with E-state index < -0.39 is 5.60 Å². The van der Waals surface area contributed by atoms with Gasteiger partial charge >= 0.3 is 0 Å². The summed E-state index contributed by atoms with van der Waals surface area (Å²) in [6.45, 7) is 0. The third-order valence-corrected chi connectivity index (χ3v) is 6.64. The van der Waals surface area contributed by atoms with Crippen LogP contribution in [-0.2, 0) is 5.60 Å². The summed E-state index contributed by atoms with van der Waals surface area (Å²) in [6, 6.07) is 16.2. The molecule has 4 unspecified atom stereocenters. The Morgan fingerprint density at radius 2 is 1.00 bits per heavy atom. The largest absolute Gasteiger partial charge is 0.385 e. The Hall–Kier alpha value is -3.44. The molecule has 0 aliphatic heterocycles. The zero-order valence-electron chi connectivity index (χ0n) is 17.1. The summed E-state index contributed by atoms with van der Waals surface area (Å²) in [5, 5.41) is 12.3. The van der Waals surface area contributed by atoms with Crippen LogP contribution in [0, 0.1) is 0 Å². The lowest BCUT2D eigenvalue weighted by atomic mass is 9.59. The summed E-state index contributed by atoms with van der Waals surface area (Å²) in [6.07, 6.45) is 15.9. The van der Waals surface area contributed by atoms with E-state index in [1.54, 1.807) is 24.8 Å². The molecular weight excluding hydrogens is 384 g/mol. The van der Waals surface area contributed by atoms with Crippen LogP contribution in [0.15, 0.2) is 98.1 Å². The van der Waals surface area contributed by atoms with Gasteiger partial charge in [0.15, 0.2) is 0 Å². The monoisotopic (exact) mass is 408 g/mol. The Morgan fingerprint density at radius 1 is 0.581 bits per heavy atom. The molecule has 0 spiro atoms. The number of hydrogen-bond acceptors (Lipinski definition) is 5. The van der Waals surface area contributed by atoms with Crippen molar-refractivity contribution < 1.29 is 5.11 Å². The van der Waals surface area contributed by atoms with Gasteiger partial charge in [-0.2, -0.15) is 0 Å². The zero-order valence-corrected chi connectivity index (χ0v) is 17.1. The molecule has 0 saturated heterocycles. The van der Waals surface area contributed by atoms with Gasteiger partial charge in [-0.05, 0) is 95.5 Å². The lowest BCUT2D eigenvalue weighted by Crippen LogP contribution is -2.42.